The van der Waals surface area contributed by atoms with Gasteiger partial charge in [-0.1, -0.05) is 13.0 Å². The van der Waals surface area contributed by atoms with E-state index < -0.39 is 0 Å². The molecule has 1 aliphatic rings. The average molecular weight is 242 g/mol. The molecule has 1 heterocycles. The van der Waals surface area contributed by atoms with E-state index in [1.807, 2.05) is 0 Å². The summed E-state index contributed by atoms with van der Waals surface area (Å²) in [6.45, 7) is 4.49. The molecule has 0 spiro atoms. The highest BCUT2D eigenvalue weighted by Gasteiger charge is 2.18. The lowest BCUT2D eigenvalue weighted by Crippen LogP contribution is -2.09. The van der Waals surface area contributed by atoms with Gasteiger partial charge in [-0.3, -0.25) is 0 Å². The Morgan fingerprint density at radius 2 is 2.25 bits per heavy atom. The molecule has 1 N–H and O–H groups in total. The summed E-state index contributed by atoms with van der Waals surface area (Å²) in [5.74, 6) is 1.67. The van der Waals surface area contributed by atoms with Crippen LogP contribution in [0, 0.1) is 0 Å². The molecule has 1 saturated heterocycles. The van der Waals surface area contributed by atoms with Gasteiger partial charge in [-0.05, 0) is 48.6 Å². The Bertz CT molecular complexity index is 335. The minimum Gasteiger partial charge on any atom is -0.497 e. The first kappa shape index (κ1) is 13.3. The van der Waals surface area contributed by atoms with Crippen molar-refractivity contribution in [1.29, 1.82) is 0 Å². The van der Waals surface area contributed by atoms with Gasteiger partial charge in [0.1, 0.15) is 5.75 Å². The topological polar surface area (TPSA) is 21.3 Å². The highest BCUT2D eigenvalue weighted by atomic mass is 35.5. The van der Waals surface area contributed by atoms with Crippen LogP contribution in [-0.2, 0) is 6.42 Å². The number of halogens is 1. The Morgan fingerprint density at radius 1 is 1.44 bits per heavy atom. The molecule has 1 atom stereocenters. The van der Waals surface area contributed by atoms with Crippen molar-refractivity contribution in [2.75, 3.05) is 20.2 Å². The first-order valence-corrected chi connectivity index (χ1v) is 5.72. The number of hydrogen-bond donors (Lipinski definition) is 1. The van der Waals surface area contributed by atoms with Crippen molar-refractivity contribution in [3.05, 3.63) is 29.3 Å². The quantitative estimate of drug-likeness (QED) is 0.879. The summed E-state index contributed by atoms with van der Waals surface area (Å²) >= 11 is 0. The number of hydrogen-bond acceptors (Lipinski definition) is 2. The molecule has 0 saturated carbocycles. The predicted octanol–water partition coefficient (Wildman–Crippen LogP) is 2.76. The maximum absolute atomic E-state index is 5.26. The third-order valence-corrected chi connectivity index (χ3v) is 3.23. The fourth-order valence-corrected chi connectivity index (χ4v) is 2.33. The second kappa shape index (κ2) is 6.12. The van der Waals surface area contributed by atoms with Gasteiger partial charge in [0.25, 0.3) is 0 Å². The van der Waals surface area contributed by atoms with Crippen LogP contribution in [0.3, 0.4) is 0 Å². The number of rotatable bonds is 3. The lowest BCUT2D eigenvalue weighted by atomic mass is 9.92. The normalized spacial score (nSPS) is 19.2. The van der Waals surface area contributed by atoms with Crippen molar-refractivity contribution < 1.29 is 4.74 Å². The molecular weight excluding hydrogens is 222 g/mol. The van der Waals surface area contributed by atoms with Crippen molar-refractivity contribution in [2.24, 2.45) is 0 Å². The smallest absolute Gasteiger partial charge is 0.119 e. The SMILES string of the molecule is CCc1cc(OC)ccc1C1CCNC1.Cl. The number of aryl methyl sites for hydroxylation is 1. The third kappa shape index (κ3) is 2.69. The molecule has 1 unspecified atom stereocenters. The molecule has 3 heteroatoms. The highest BCUT2D eigenvalue weighted by molar-refractivity contribution is 5.85. The molecule has 0 aromatic heterocycles. The minimum atomic E-state index is 0. The van der Waals surface area contributed by atoms with Crippen LogP contribution in [0.1, 0.15) is 30.4 Å². The zero-order chi connectivity index (χ0) is 10.7. The zero-order valence-electron chi connectivity index (χ0n) is 9.95. The van der Waals surface area contributed by atoms with Gasteiger partial charge in [0.05, 0.1) is 7.11 Å². The Hall–Kier alpha value is -0.730. The lowest BCUT2D eigenvalue weighted by Gasteiger charge is -2.15. The van der Waals surface area contributed by atoms with Crippen LogP contribution in [0.4, 0.5) is 0 Å². The molecule has 0 aliphatic carbocycles. The standard InChI is InChI=1S/C13H19NO.ClH/c1-3-10-8-12(15-2)4-5-13(10)11-6-7-14-9-11;/h4-5,8,11,14H,3,6-7,9H2,1-2H3;1H. The Kier molecular flexibility index (Phi) is 5.10. The molecule has 16 heavy (non-hydrogen) atoms. The first-order valence-electron chi connectivity index (χ1n) is 5.72. The van der Waals surface area contributed by atoms with Crippen LogP contribution in [0.15, 0.2) is 18.2 Å². The second-order valence-electron chi connectivity index (χ2n) is 4.11. The van der Waals surface area contributed by atoms with Gasteiger partial charge >= 0.3 is 0 Å². The van der Waals surface area contributed by atoms with Crippen molar-refractivity contribution in [3.63, 3.8) is 0 Å². The van der Waals surface area contributed by atoms with Gasteiger partial charge in [-0.15, -0.1) is 12.4 Å². The largest absolute Gasteiger partial charge is 0.497 e. The molecule has 1 aromatic rings. The lowest BCUT2D eigenvalue weighted by molar-refractivity contribution is 0.414. The van der Waals surface area contributed by atoms with Crippen LogP contribution in [-0.4, -0.2) is 20.2 Å². The number of methoxy groups -OCH3 is 1. The monoisotopic (exact) mass is 241 g/mol. The van der Waals surface area contributed by atoms with E-state index in [1.54, 1.807) is 7.11 Å². The van der Waals surface area contributed by atoms with Gasteiger partial charge < -0.3 is 10.1 Å². The molecule has 0 radical (unpaired) electrons. The second-order valence-corrected chi connectivity index (χ2v) is 4.11. The van der Waals surface area contributed by atoms with Gasteiger partial charge in [0.2, 0.25) is 0 Å². The molecule has 0 amide bonds. The van der Waals surface area contributed by atoms with E-state index in [1.165, 1.54) is 17.5 Å². The van der Waals surface area contributed by atoms with Gasteiger partial charge in [-0.2, -0.15) is 0 Å². The maximum Gasteiger partial charge on any atom is 0.119 e. The fraction of sp³-hybridized carbons (Fsp3) is 0.538. The van der Waals surface area contributed by atoms with Gasteiger partial charge in [0, 0.05) is 6.54 Å². The molecule has 2 rings (SSSR count). The van der Waals surface area contributed by atoms with Crippen LogP contribution in [0.2, 0.25) is 0 Å². The summed E-state index contributed by atoms with van der Waals surface area (Å²) in [7, 11) is 1.73. The Balaban J connectivity index is 0.00000128. The Morgan fingerprint density at radius 3 is 2.81 bits per heavy atom. The third-order valence-electron chi connectivity index (χ3n) is 3.23. The van der Waals surface area contributed by atoms with Crippen LogP contribution < -0.4 is 10.1 Å². The summed E-state index contributed by atoms with van der Waals surface area (Å²) in [5, 5.41) is 3.42. The number of nitrogens with one attached hydrogen (secondary N) is 1. The van der Waals surface area contributed by atoms with E-state index in [0.29, 0.717) is 5.92 Å². The van der Waals surface area contributed by atoms with E-state index in [4.69, 9.17) is 4.74 Å². The molecule has 1 fully saturated rings. The van der Waals surface area contributed by atoms with E-state index in [0.717, 1.165) is 25.3 Å². The molecule has 1 aliphatic heterocycles. The first-order chi connectivity index (χ1) is 7.35. The van der Waals surface area contributed by atoms with E-state index in [-0.39, 0.29) is 12.4 Å². The fourth-order valence-electron chi connectivity index (χ4n) is 2.33. The maximum atomic E-state index is 5.26. The van der Waals surface area contributed by atoms with Gasteiger partial charge in [0.15, 0.2) is 0 Å². The summed E-state index contributed by atoms with van der Waals surface area (Å²) < 4.78 is 5.26. The molecule has 2 nitrogen and oxygen atoms in total. The van der Waals surface area contributed by atoms with E-state index in [2.05, 4.69) is 30.4 Å². The van der Waals surface area contributed by atoms with Crippen molar-refractivity contribution in [2.45, 2.75) is 25.7 Å². The molecular formula is C13H20ClNO. The van der Waals surface area contributed by atoms with E-state index >= 15 is 0 Å². The zero-order valence-corrected chi connectivity index (χ0v) is 10.8. The van der Waals surface area contributed by atoms with Crippen LogP contribution >= 0.6 is 12.4 Å². The van der Waals surface area contributed by atoms with Crippen LogP contribution in [0.5, 0.6) is 5.75 Å². The minimum absolute atomic E-state index is 0. The summed E-state index contributed by atoms with van der Waals surface area (Å²) in [6, 6.07) is 6.48. The summed E-state index contributed by atoms with van der Waals surface area (Å²) in [5.41, 5.74) is 2.94. The highest BCUT2D eigenvalue weighted by Crippen LogP contribution is 2.28. The number of ether oxygens (including phenoxy) is 1. The van der Waals surface area contributed by atoms with Crippen molar-refractivity contribution >= 4 is 12.4 Å². The molecule has 90 valence electrons. The average Bonchev–Trinajstić information content (AvgIpc) is 2.81. The number of benzene rings is 1. The summed E-state index contributed by atoms with van der Waals surface area (Å²) in [4.78, 5) is 0. The van der Waals surface area contributed by atoms with E-state index in [9.17, 15) is 0 Å². The van der Waals surface area contributed by atoms with Crippen LogP contribution in [0.25, 0.3) is 0 Å². The van der Waals surface area contributed by atoms with Gasteiger partial charge in [-0.25, -0.2) is 0 Å². The predicted molar refractivity (Wildman–Crippen MR) is 69.8 cm³/mol. The molecule has 0 bridgehead atoms. The van der Waals surface area contributed by atoms with Crippen molar-refractivity contribution in [3.8, 4) is 5.75 Å². The Labute approximate surface area is 104 Å². The summed E-state index contributed by atoms with van der Waals surface area (Å²) in [6.07, 6.45) is 2.35. The molecule has 1 aromatic carbocycles. The van der Waals surface area contributed by atoms with Crippen molar-refractivity contribution in [1.82, 2.24) is 5.32 Å².